The molecule has 29 heavy (non-hydrogen) atoms. The van der Waals surface area contributed by atoms with Crippen LogP contribution in [0.4, 0.5) is 0 Å². The zero-order valence-electron chi connectivity index (χ0n) is 16.8. The lowest BCUT2D eigenvalue weighted by molar-refractivity contribution is -0.0564. The van der Waals surface area contributed by atoms with Crippen LogP contribution >= 0.6 is 0 Å². The molecule has 4 bridgehead atoms. The Labute approximate surface area is 171 Å². The molecule has 0 spiro atoms. The van der Waals surface area contributed by atoms with Crippen LogP contribution in [0, 0.1) is 23.2 Å². The highest BCUT2D eigenvalue weighted by molar-refractivity contribution is 5.91. The molecule has 0 aliphatic heterocycles. The third-order valence-corrected chi connectivity index (χ3v) is 7.38. The zero-order valence-corrected chi connectivity index (χ0v) is 16.8. The minimum Gasteiger partial charge on any atom is -0.351 e. The minimum atomic E-state index is -0.195. The van der Waals surface area contributed by atoms with Gasteiger partial charge in [-0.2, -0.15) is 5.10 Å². The maximum Gasteiger partial charge on any atom is 0.271 e. The average Bonchev–Trinajstić information content (AvgIpc) is 2.69. The molecule has 2 aromatic rings. The highest BCUT2D eigenvalue weighted by atomic mass is 16.2. The van der Waals surface area contributed by atoms with E-state index in [9.17, 15) is 9.59 Å². The van der Waals surface area contributed by atoms with Crippen molar-refractivity contribution in [3.8, 4) is 0 Å². The molecule has 5 heteroatoms. The number of amides is 1. The van der Waals surface area contributed by atoms with Crippen LogP contribution in [-0.4, -0.2) is 22.2 Å². The molecule has 4 aliphatic carbocycles. The van der Waals surface area contributed by atoms with Crippen LogP contribution in [0.3, 0.4) is 0 Å². The molecule has 1 aromatic heterocycles. The first-order valence-electron chi connectivity index (χ1n) is 11.0. The molecule has 1 heterocycles. The van der Waals surface area contributed by atoms with Crippen molar-refractivity contribution < 1.29 is 4.79 Å². The van der Waals surface area contributed by atoms with E-state index in [4.69, 9.17) is 0 Å². The van der Waals surface area contributed by atoms with Crippen LogP contribution in [0.2, 0.25) is 0 Å². The van der Waals surface area contributed by atoms with E-state index in [2.05, 4.69) is 10.4 Å². The Bertz CT molecular complexity index is 915. The molecular formula is C24H29N3O2. The third-order valence-electron chi connectivity index (χ3n) is 7.38. The second-order valence-corrected chi connectivity index (χ2v) is 9.62. The average molecular weight is 392 g/mol. The molecule has 0 radical (unpaired) electrons. The van der Waals surface area contributed by atoms with Crippen LogP contribution < -0.4 is 10.9 Å². The molecule has 4 aliphatic rings. The Morgan fingerprint density at radius 3 is 2.31 bits per heavy atom. The summed E-state index contributed by atoms with van der Waals surface area (Å²) in [6, 6.07) is 12.7. The molecule has 0 saturated heterocycles. The van der Waals surface area contributed by atoms with Crippen LogP contribution in [0.15, 0.2) is 47.3 Å². The minimum absolute atomic E-state index is 0.184. The van der Waals surface area contributed by atoms with Gasteiger partial charge in [0.2, 0.25) is 0 Å². The van der Waals surface area contributed by atoms with Gasteiger partial charge in [-0.15, -0.1) is 0 Å². The van der Waals surface area contributed by atoms with Crippen LogP contribution in [0.25, 0.3) is 0 Å². The standard InChI is InChI=1S/C24H29N3O2/c28-22-7-6-21(26-27(22)16-17-4-2-1-3-5-17)23(29)25-9-8-24-13-18-10-19(14-24)12-20(11-18)15-24/h1-7,18-20H,8-16H2,(H,25,29). The normalized spacial score (nSPS) is 29.7. The summed E-state index contributed by atoms with van der Waals surface area (Å²) < 4.78 is 1.36. The number of benzene rings is 1. The number of nitrogens with zero attached hydrogens (tertiary/aromatic N) is 2. The summed E-state index contributed by atoms with van der Waals surface area (Å²) in [6.07, 6.45) is 9.47. The number of carbonyl (C=O) groups excluding carboxylic acids is 1. The van der Waals surface area contributed by atoms with E-state index in [-0.39, 0.29) is 11.5 Å². The first-order valence-corrected chi connectivity index (χ1v) is 11.0. The third kappa shape index (κ3) is 3.87. The number of nitrogens with one attached hydrogen (secondary N) is 1. The van der Waals surface area contributed by atoms with Gasteiger partial charge >= 0.3 is 0 Å². The van der Waals surface area contributed by atoms with Gasteiger partial charge in [-0.3, -0.25) is 9.59 Å². The number of rotatable bonds is 6. The number of carbonyl (C=O) groups is 1. The second-order valence-electron chi connectivity index (χ2n) is 9.62. The molecular weight excluding hydrogens is 362 g/mol. The van der Waals surface area contributed by atoms with Crippen molar-refractivity contribution in [1.82, 2.24) is 15.1 Å². The molecule has 0 unspecified atom stereocenters. The Balaban J connectivity index is 1.21. The van der Waals surface area contributed by atoms with Crippen molar-refractivity contribution in [3.05, 3.63) is 64.1 Å². The Kier molecular flexibility index (Phi) is 4.76. The number of hydrogen-bond donors (Lipinski definition) is 1. The summed E-state index contributed by atoms with van der Waals surface area (Å²) in [6.45, 7) is 1.07. The predicted molar refractivity (Wildman–Crippen MR) is 112 cm³/mol. The van der Waals surface area contributed by atoms with Gasteiger partial charge in [-0.1, -0.05) is 30.3 Å². The van der Waals surface area contributed by atoms with Crippen LogP contribution in [-0.2, 0) is 6.54 Å². The summed E-state index contributed by atoms with van der Waals surface area (Å²) in [5, 5.41) is 7.37. The highest BCUT2D eigenvalue weighted by Gasteiger charge is 2.50. The zero-order chi connectivity index (χ0) is 19.8. The van der Waals surface area contributed by atoms with E-state index in [0.717, 1.165) is 29.7 Å². The summed E-state index contributed by atoms with van der Waals surface area (Å²) in [4.78, 5) is 24.8. The molecule has 6 rings (SSSR count). The van der Waals surface area contributed by atoms with Gasteiger partial charge in [0.15, 0.2) is 0 Å². The first kappa shape index (κ1) is 18.6. The summed E-state index contributed by atoms with van der Waals surface area (Å²) >= 11 is 0. The van der Waals surface area contributed by atoms with Crippen molar-refractivity contribution in [2.24, 2.45) is 23.2 Å². The van der Waals surface area contributed by atoms with Gasteiger partial charge < -0.3 is 5.32 Å². The molecule has 152 valence electrons. The number of hydrogen-bond acceptors (Lipinski definition) is 3. The second kappa shape index (κ2) is 7.43. The van der Waals surface area contributed by atoms with Crippen molar-refractivity contribution in [3.63, 3.8) is 0 Å². The molecule has 4 fully saturated rings. The Morgan fingerprint density at radius 1 is 1.00 bits per heavy atom. The van der Waals surface area contributed by atoms with Crippen molar-refractivity contribution in [2.75, 3.05) is 6.54 Å². The predicted octanol–water partition coefficient (Wildman–Crippen LogP) is 3.63. The fourth-order valence-electron chi connectivity index (χ4n) is 6.57. The summed E-state index contributed by atoms with van der Waals surface area (Å²) in [5.74, 6) is 2.61. The quantitative estimate of drug-likeness (QED) is 0.818. The molecule has 4 saturated carbocycles. The lowest BCUT2D eigenvalue weighted by atomic mass is 9.49. The van der Waals surface area contributed by atoms with E-state index in [1.54, 1.807) is 0 Å². The SMILES string of the molecule is O=C(NCCC12CC3CC(CC(C3)C1)C2)c1ccc(=O)n(Cc2ccccc2)n1. The fourth-order valence-corrected chi connectivity index (χ4v) is 6.57. The lowest BCUT2D eigenvalue weighted by Gasteiger charge is -2.57. The van der Waals surface area contributed by atoms with E-state index in [1.807, 2.05) is 30.3 Å². The van der Waals surface area contributed by atoms with E-state index < -0.39 is 0 Å². The van der Waals surface area contributed by atoms with Gasteiger partial charge in [-0.25, -0.2) is 4.68 Å². The maximum absolute atomic E-state index is 12.7. The van der Waals surface area contributed by atoms with Gasteiger partial charge in [0, 0.05) is 12.6 Å². The summed E-state index contributed by atoms with van der Waals surface area (Å²) in [7, 11) is 0. The van der Waals surface area contributed by atoms with Crippen LogP contribution in [0.5, 0.6) is 0 Å². The fraction of sp³-hybridized carbons (Fsp3) is 0.542. The molecule has 1 amide bonds. The molecule has 1 aromatic carbocycles. The molecule has 0 atom stereocenters. The molecule has 1 N–H and O–H groups in total. The van der Waals surface area contributed by atoms with Crippen molar-refractivity contribution in [1.29, 1.82) is 0 Å². The van der Waals surface area contributed by atoms with Gasteiger partial charge in [0.05, 0.1) is 6.54 Å². The van der Waals surface area contributed by atoms with E-state index >= 15 is 0 Å². The van der Waals surface area contributed by atoms with Crippen LogP contribution in [0.1, 0.15) is 61.0 Å². The van der Waals surface area contributed by atoms with E-state index in [0.29, 0.717) is 24.2 Å². The lowest BCUT2D eigenvalue weighted by Crippen LogP contribution is -2.47. The van der Waals surface area contributed by atoms with Gasteiger partial charge in [0.1, 0.15) is 5.69 Å². The van der Waals surface area contributed by atoms with Crippen molar-refractivity contribution in [2.45, 2.75) is 51.5 Å². The highest BCUT2D eigenvalue weighted by Crippen LogP contribution is 2.61. The maximum atomic E-state index is 12.7. The smallest absolute Gasteiger partial charge is 0.271 e. The largest absolute Gasteiger partial charge is 0.351 e. The molecule has 5 nitrogen and oxygen atoms in total. The summed E-state index contributed by atoms with van der Waals surface area (Å²) in [5.41, 5.74) is 1.56. The van der Waals surface area contributed by atoms with Gasteiger partial charge in [0.25, 0.3) is 11.5 Å². The first-order chi connectivity index (χ1) is 14.1. The monoisotopic (exact) mass is 391 g/mol. The Morgan fingerprint density at radius 2 is 1.66 bits per heavy atom. The number of aromatic nitrogens is 2. The van der Waals surface area contributed by atoms with E-state index in [1.165, 1.54) is 55.3 Å². The topological polar surface area (TPSA) is 64.0 Å². The van der Waals surface area contributed by atoms with Crippen molar-refractivity contribution >= 4 is 5.91 Å². The Hall–Kier alpha value is -2.43. The van der Waals surface area contributed by atoms with Gasteiger partial charge in [-0.05, 0) is 79.7 Å².